The van der Waals surface area contributed by atoms with Gasteiger partial charge in [-0.2, -0.15) is 0 Å². The molecular weight excluding hydrogens is 210 g/mol. The van der Waals surface area contributed by atoms with Crippen molar-refractivity contribution < 1.29 is 5.11 Å². The Balaban J connectivity index is 2.38. The number of hydrogen-bond donors (Lipinski definition) is 3. The minimum atomic E-state index is -0.229. The number of nitrogens with zero attached hydrogens (tertiary/aromatic N) is 1. The fourth-order valence-corrected chi connectivity index (χ4v) is 2.07. The molecular formula is C10H19N3OS. The Labute approximate surface area is 94.9 Å². The number of aromatic nitrogens is 2. The number of H-pyrrole nitrogens is 1. The van der Waals surface area contributed by atoms with Gasteiger partial charge in [-0.3, -0.25) is 0 Å². The summed E-state index contributed by atoms with van der Waals surface area (Å²) in [6.07, 6.45) is 4.61. The van der Waals surface area contributed by atoms with E-state index in [9.17, 15) is 5.11 Å². The molecule has 0 amide bonds. The van der Waals surface area contributed by atoms with Gasteiger partial charge in [0.2, 0.25) is 0 Å². The third kappa shape index (κ3) is 4.24. The fourth-order valence-electron chi connectivity index (χ4n) is 1.14. The van der Waals surface area contributed by atoms with Gasteiger partial charge in [-0.25, -0.2) is 4.98 Å². The van der Waals surface area contributed by atoms with E-state index < -0.39 is 0 Å². The zero-order chi connectivity index (χ0) is 11.1. The number of aliphatic hydroxyl groups excluding tert-OH is 1. The van der Waals surface area contributed by atoms with Crippen molar-refractivity contribution in [3.8, 4) is 0 Å². The molecule has 1 aromatic rings. The summed E-state index contributed by atoms with van der Waals surface area (Å²) in [6, 6.07) is 0. The van der Waals surface area contributed by atoms with Crippen molar-refractivity contribution in [2.24, 2.45) is 0 Å². The zero-order valence-electron chi connectivity index (χ0n) is 9.29. The first-order valence-corrected chi connectivity index (χ1v) is 6.17. The number of thioether (sulfide) groups is 1. The quantitative estimate of drug-likeness (QED) is 0.616. The highest BCUT2D eigenvalue weighted by Gasteiger charge is 2.22. The Morgan fingerprint density at radius 2 is 2.47 bits per heavy atom. The Morgan fingerprint density at radius 1 is 1.67 bits per heavy atom. The van der Waals surface area contributed by atoms with Crippen LogP contribution in [0.3, 0.4) is 0 Å². The maximum absolute atomic E-state index is 9.33. The summed E-state index contributed by atoms with van der Waals surface area (Å²) >= 11 is 1.62. The van der Waals surface area contributed by atoms with E-state index in [-0.39, 0.29) is 12.1 Å². The molecule has 86 valence electrons. The Hall–Kier alpha value is -0.520. The van der Waals surface area contributed by atoms with Crippen LogP contribution in [0.25, 0.3) is 0 Å². The van der Waals surface area contributed by atoms with E-state index in [4.69, 9.17) is 0 Å². The summed E-state index contributed by atoms with van der Waals surface area (Å²) in [6.45, 7) is 5.21. The van der Waals surface area contributed by atoms with E-state index >= 15 is 0 Å². The van der Waals surface area contributed by atoms with Gasteiger partial charge in [-0.1, -0.05) is 18.7 Å². The summed E-state index contributed by atoms with van der Waals surface area (Å²) in [5.41, 5.74) is -0.229. The second-order valence-electron chi connectivity index (χ2n) is 3.83. The lowest BCUT2D eigenvalue weighted by Gasteiger charge is -2.27. The van der Waals surface area contributed by atoms with Gasteiger partial charge >= 0.3 is 0 Å². The van der Waals surface area contributed by atoms with Crippen LogP contribution in [0.1, 0.15) is 20.3 Å². The standard InChI is InChI=1S/C10H19N3OS/c1-3-4-13-10(2,7-14)8-15-9-11-5-6-12-9/h5-6,13-14H,3-4,7-8H2,1-2H3,(H,11,12). The summed E-state index contributed by atoms with van der Waals surface area (Å²) in [5, 5.41) is 13.6. The first-order valence-electron chi connectivity index (χ1n) is 5.18. The van der Waals surface area contributed by atoms with Crippen molar-refractivity contribution in [3.05, 3.63) is 12.4 Å². The van der Waals surface area contributed by atoms with Gasteiger partial charge < -0.3 is 15.4 Å². The first kappa shape index (κ1) is 12.5. The minimum absolute atomic E-state index is 0.140. The summed E-state index contributed by atoms with van der Waals surface area (Å²) in [5.74, 6) is 0.803. The molecule has 0 aliphatic heterocycles. The van der Waals surface area contributed by atoms with Gasteiger partial charge in [0.05, 0.1) is 6.61 Å². The van der Waals surface area contributed by atoms with Crippen LogP contribution in [0, 0.1) is 0 Å². The monoisotopic (exact) mass is 229 g/mol. The molecule has 3 N–H and O–H groups in total. The van der Waals surface area contributed by atoms with E-state index in [0.717, 1.165) is 23.9 Å². The van der Waals surface area contributed by atoms with Crippen LogP contribution >= 0.6 is 11.8 Å². The van der Waals surface area contributed by atoms with E-state index in [1.807, 2.05) is 6.92 Å². The predicted molar refractivity (Wildman–Crippen MR) is 63.1 cm³/mol. The molecule has 0 saturated carbocycles. The molecule has 1 heterocycles. The molecule has 15 heavy (non-hydrogen) atoms. The first-order chi connectivity index (χ1) is 7.20. The van der Waals surface area contributed by atoms with Crippen molar-refractivity contribution in [2.75, 3.05) is 18.9 Å². The third-order valence-corrected chi connectivity index (χ3v) is 3.43. The topological polar surface area (TPSA) is 60.9 Å². The van der Waals surface area contributed by atoms with Crippen LogP contribution in [-0.4, -0.2) is 39.5 Å². The number of aliphatic hydroxyl groups is 1. The number of aromatic amines is 1. The van der Waals surface area contributed by atoms with E-state index in [1.54, 1.807) is 24.2 Å². The lowest BCUT2D eigenvalue weighted by molar-refractivity contribution is 0.192. The summed E-state index contributed by atoms with van der Waals surface area (Å²) in [4.78, 5) is 7.16. The average Bonchev–Trinajstić information content (AvgIpc) is 2.76. The largest absolute Gasteiger partial charge is 0.394 e. The molecule has 1 aromatic heterocycles. The SMILES string of the molecule is CCCNC(C)(CO)CSc1ncc[nH]1. The molecule has 1 rings (SSSR count). The van der Waals surface area contributed by atoms with E-state index in [2.05, 4.69) is 22.2 Å². The van der Waals surface area contributed by atoms with Gasteiger partial charge in [0.1, 0.15) is 0 Å². The van der Waals surface area contributed by atoms with Crippen LogP contribution in [0.5, 0.6) is 0 Å². The minimum Gasteiger partial charge on any atom is -0.394 e. The third-order valence-electron chi connectivity index (χ3n) is 2.15. The molecule has 0 spiro atoms. The van der Waals surface area contributed by atoms with Gasteiger partial charge in [-0.05, 0) is 19.9 Å². The molecule has 0 aliphatic carbocycles. The lowest BCUT2D eigenvalue weighted by atomic mass is 10.1. The van der Waals surface area contributed by atoms with Gasteiger partial charge in [-0.15, -0.1) is 0 Å². The molecule has 0 bridgehead atoms. The van der Waals surface area contributed by atoms with Crippen LogP contribution < -0.4 is 5.32 Å². The molecule has 0 radical (unpaired) electrons. The van der Waals surface area contributed by atoms with Crippen LogP contribution in [0.15, 0.2) is 17.6 Å². The van der Waals surface area contributed by atoms with Gasteiger partial charge in [0.15, 0.2) is 5.16 Å². The number of imidazole rings is 1. The van der Waals surface area contributed by atoms with Crippen LogP contribution in [0.4, 0.5) is 0 Å². The molecule has 0 aromatic carbocycles. The van der Waals surface area contributed by atoms with Crippen molar-refractivity contribution >= 4 is 11.8 Å². The molecule has 5 heteroatoms. The van der Waals surface area contributed by atoms with E-state index in [1.165, 1.54) is 0 Å². The smallest absolute Gasteiger partial charge is 0.165 e. The van der Waals surface area contributed by atoms with Gasteiger partial charge in [0.25, 0.3) is 0 Å². The van der Waals surface area contributed by atoms with Gasteiger partial charge in [0, 0.05) is 23.7 Å². The molecule has 4 nitrogen and oxygen atoms in total. The highest BCUT2D eigenvalue weighted by atomic mass is 32.2. The highest BCUT2D eigenvalue weighted by Crippen LogP contribution is 2.18. The molecule has 0 fully saturated rings. The molecule has 0 saturated heterocycles. The number of nitrogens with one attached hydrogen (secondary N) is 2. The lowest BCUT2D eigenvalue weighted by Crippen LogP contribution is -2.48. The predicted octanol–water partition coefficient (Wildman–Crippen LogP) is 1.25. The van der Waals surface area contributed by atoms with Crippen molar-refractivity contribution in [1.29, 1.82) is 0 Å². The maximum Gasteiger partial charge on any atom is 0.165 e. The number of rotatable bonds is 7. The fraction of sp³-hybridized carbons (Fsp3) is 0.700. The highest BCUT2D eigenvalue weighted by molar-refractivity contribution is 7.99. The van der Waals surface area contributed by atoms with Crippen LogP contribution in [0.2, 0.25) is 0 Å². The Morgan fingerprint density at radius 3 is 3.00 bits per heavy atom. The Kier molecular flexibility index (Phi) is 5.14. The van der Waals surface area contributed by atoms with Crippen LogP contribution in [-0.2, 0) is 0 Å². The summed E-state index contributed by atoms with van der Waals surface area (Å²) in [7, 11) is 0. The second-order valence-corrected chi connectivity index (χ2v) is 4.79. The van der Waals surface area contributed by atoms with Crippen molar-refractivity contribution in [1.82, 2.24) is 15.3 Å². The summed E-state index contributed by atoms with van der Waals surface area (Å²) < 4.78 is 0. The van der Waals surface area contributed by atoms with E-state index in [0.29, 0.717) is 0 Å². The maximum atomic E-state index is 9.33. The molecule has 1 atom stereocenters. The molecule has 1 unspecified atom stereocenters. The number of hydrogen-bond acceptors (Lipinski definition) is 4. The van der Waals surface area contributed by atoms with Crippen molar-refractivity contribution in [3.63, 3.8) is 0 Å². The average molecular weight is 229 g/mol. The Bertz CT molecular complexity index is 266. The normalized spacial score (nSPS) is 15.1. The molecule has 0 aliphatic rings. The second kappa shape index (κ2) is 6.15. The van der Waals surface area contributed by atoms with Crippen molar-refractivity contribution in [2.45, 2.75) is 31.0 Å². The zero-order valence-corrected chi connectivity index (χ0v) is 10.1.